The second-order valence-corrected chi connectivity index (χ2v) is 5.61. The van der Waals surface area contributed by atoms with Crippen molar-refractivity contribution in [1.29, 1.82) is 0 Å². The van der Waals surface area contributed by atoms with Gasteiger partial charge in [0.2, 0.25) is 0 Å². The van der Waals surface area contributed by atoms with Gasteiger partial charge in [0.05, 0.1) is 12.7 Å². The second kappa shape index (κ2) is 8.10. The first-order chi connectivity index (χ1) is 10.6. The molecule has 1 aromatic carbocycles. The van der Waals surface area contributed by atoms with Crippen LogP contribution in [0.4, 0.5) is 4.39 Å². The van der Waals surface area contributed by atoms with Crippen molar-refractivity contribution in [3.63, 3.8) is 0 Å². The number of nitrogens with one attached hydrogen (secondary N) is 1. The van der Waals surface area contributed by atoms with Gasteiger partial charge in [0.1, 0.15) is 5.82 Å². The van der Waals surface area contributed by atoms with E-state index in [9.17, 15) is 9.50 Å². The minimum Gasteiger partial charge on any atom is -0.387 e. The van der Waals surface area contributed by atoms with Crippen molar-refractivity contribution >= 4 is 5.96 Å². The zero-order valence-electron chi connectivity index (χ0n) is 13.1. The summed E-state index contributed by atoms with van der Waals surface area (Å²) in [6.07, 6.45) is 0.281. The van der Waals surface area contributed by atoms with E-state index in [0.29, 0.717) is 17.4 Å². The molecule has 1 aliphatic heterocycles. The van der Waals surface area contributed by atoms with Crippen molar-refractivity contribution in [1.82, 2.24) is 10.2 Å². The summed E-state index contributed by atoms with van der Waals surface area (Å²) in [7, 11) is 3.67. The monoisotopic (exact) mass is 309 g/mol. The van der Waals surface area contributed by atoms with Crippen molar-refractivity contribution in [3.05, 3.63) is 35.6 Å². The van der Waals surface area contributed by atoms with Crippen molar-refractivity contribution in [2.45, 2.75) is 12.5 Å². The quantitative estimate of drug-likeness (QED) is 0.638. The second-order valence-electron chi connectivity index (χ2n) is 5.61. The van der Waals surface area contributed by atoms with Crippen LogP contribution in [-0.4, -0.2) is 56.4 Å². The SMILES string of the molecule is CN=C(NCC(O)c1cccc(F)c1)N(C)CC1CCOC1. The number of aliphatic hydroxyl groups is 1. The molecule has 0 bridgehead atoms. The molecule has 0 aliphatic carbocycles. The Hall–Kier alpha value is -1.66. The van der Waals surface area contributed by atoms with Crippen molar-refractivity contribution in [3.8, 4) is 0 Å². The van der Waals surface area contributed by atoms with Crippen molar-refractivity contribution in [2.24, 2.45) is 10.9 Å². The molecule has 1 aromatic rings. The zero-order chi connectivity index (χ0) is 15.9. The van der Waals surface area contributed by atoms with Gasteiger partial charge in [-0.3, -0.25) is 4.99 Å². The van der Waals surface area contributed by atoms with E-state index in [2.05, 4.69) is 10.3 Å². The molecule has 5 nitrogen and oxygen atoms in total. The Morgan fingerprint density at radius 3 is 3.05 bits per heavy atom. The van der Waals surface area contributed by atoms with Gasteiger partial charge < -0.3 is 20.1 Å². The predicted molar refractivity (Wildman–Crippen MR) is 84.3 cm³/mol. The lowest BCUT2D eigenvalue weighted by molar-refractivity contribution is 0.176. The van der Waals surface area contributed by atoms with Gasteiger partial charge in [-0.2, -0.15) is 0 Å². The maximum absolute atomic E-state index is 13.2. The first-order valence-corrected chi connectivity index (χ1v) is 7.53. The highest BCUT2D eigenvalue weighted by molar-refractivity contribution is 5.79. The summed E-state index contributed by atoms with van der Waals surface area (Å²) in [6.45, 7) is 2.74. The number of hydrogen-bond donors (Lipinski definition) is 2. The molecule has 0 aromatic heterocycles. The van der Waals surface area contributed by atoms with E-state index in [1.54, 1.807) is 19.2 Å². The highest BCUT2D eigenvalue weighted by atomic mass is 19.1. The number of aliphatic imine (C=N–C) groups is 1. The molecule has 2 atom stereocenters. The van der Waals surface area contributed by atoms with E-state index < -0.39 is 6.10 Å². The third kappa shape index (κ3) is 4.68. The summed E-state index contributed by atoms with van der Waals surface area (Å²) in [5.74, 6) is 0.873. The predicted octanol–water partition coefficient (Wildman–Crippen LogP) is 1.40. The summed E-state index contributed by atoms with van der Waals surface area (Å²) in [5.41, 5.74) is 0.551. The minimum atomic E-state index is -0.782. The number of benzene rings is 1. The number of nitrogens with zero attached hydrogens (tertiary/aromatic N) is 2. The molecule has 0 radical (unpaired) electrons. The molecule has 22 heavy (non-hydrogen) atoms. The van der Waals surface area contributed by atoms with Gasteiger partial charge in [0.25, 0.3) is 0 Å². The third-order valence-corrected chi connectivity index (χ3v) is 3.82. The molecule has 2 N–H and O–H groups in total. The van der Waals surface area contributed by atoms with Crippen molar-refractivity contribution in [2.75, 3.05) is 40.4 Å². The normalized spacial score (nSPS) is 20.0. The van der Waals surface area contributed by atoms with Gasteiger partial charge in [-0.15, -0.1) is 0 Å². The summed E-state index contributed by atoms with van der Waals surface area (Å²) in [6, 6.07) is 6.00. The Balaban J connectivity index is 1.84. The summed E-state index contributed by atoms with van der Waals surface area (Å²) >= 11 is 0. The Bertz CT molecular complexity index is 504. The van der Waals surface area contributed by atoms with Crippen LogP contribution in [0.1, 0.15) is 18.1 Å². The van der Waals surface area contributed by atoms with Gasteiger partial charge in [-0.1, -0.05) is 12.1 Å². The lowest BCUT2D eigenvalue weighted by Gasteiger charge is -2.25. The number of rotatable bonds is 5. The largest absolute Gasteiger partial charge is 0.387 e. The average Bonchev–Trinajstić information content (AvgIpc) is 3.00. The van der Waals surface area contributed by atoms with E-state index in [1.165, 1.54) is 12.1 Å². The number of halogens is 1. The number of aliphatic hydroxyl groups excluding tert-OH is 1. The Kier molecular flexibility index (Phi) is 6.15. The molecular weight excluding hydrogens is 285 g/mol. The standard InChI is InChI=1S/C16H24FN3O2/c1-18-16(20(2)10-12-6-7-22-11-12)19-9-15(21)13-4-3-5-14(17)8-13/h3-5,8,12,15,21H,6-7,9-11H2,1-2H3,(H,18,19). The maximum Gasteiger partial charge on any atom is 0.193 e. The fourth-order valence-electron chi connectivity index (χ4n) is 2.61. The van der Waals surface area contributed by atoms with Crippen LogP contribution in [0.3, 0.4) is 0 Å². The van der Waals surface area contributed by atoms with E-state index in [4.69, 9.17) is 4.74 Å². The van der Waals surface area contributed by atoms with Gasteiger partial charge >= 0.3 is 0 Å². The molecule has 0 saturated carbocycles. The van der Waals surface area contributed by atoms with Crippen LogP contribution in [0.25, 0.3) is 0 Å². The summed E-state index contributed by atoms with van der Waals surface area (Å²) < 4.78 is 18.5. The molecule has 122 valence electrons. The van der Waals surface area contributed by atoms with E-state index >= 15 is 0 Å². The average molecular weight is 309 g/mol. The summed E-state index contributed by atoms with van der Waals surface area (Å²) in [4.78, 5) is 6.24. The number of hydrogen-bond acceptors (Lipinski definition) is 3. The number of guanidine groups is 1. The molecule has 6 heteroatoms. The Morgan fingerprint density at radius 2 is 2.41 bits per heavy atom. The van der Waals surface area contributed by atoms with Crippen molar-refractivity contribution < 1.29 is 14.2 Å². The van der Waals surface area contributed by atoms with Crippen LogP contribution in [0.2, 0.25) is 0 Å². The van der Waals surface area contributed by atoms with Crippen LogP contribution in [0.15, 0.2) is 29.3 Å². The molecule has 0 amide bonds. The fourth-order valence-corrected chi connectivity index (χ4v) is 2.61. The Labute approximate surface area is 130 Å². The maximum atomic E-state index is 13.2. The van der Waals surface area contributed by atoms with E-state index in [-0.39, 0.29) is 12.4 Å². The molecule has 1 aliphatic rings. The van der Waals surface area contributed by atoms with Crippen LogP contribution < -0.4 is 5.32 Å². The fraction of sp³-hybridized carbons (Fsp3) is 0.562. The lowest BCUT2D eigenvalue weighted by Crippen LogP contribution is -2.42. The minimum absolute atomic E-state index is 0.279. The smallest absolute Gasteiger partial charge is 0.193 e. The van der Waals surface area contributed by atoms with Gasteiger partial charge in [0.15, 0.2) is 5.96 Å². The number of ether oxygens (including phenoxy) is 1. The highest BCUT2D eigenvalue weighted by Gasteiger charge is 2.19. The lowest BCUT2D eigenvalue weighted by atomic mass is 10.1. The molecular formula is C16H24FN3O2. The third-order valence-electron chi connectivity index (χ3n) is 3.82. The van der Waals surface area contributed by atoms with Gasteiger partial charge in [-0.05, 0) is 24.1 Å². The summed E-state index contributed by atoms with van der Waals surface area (Å²) in [5, 5.41) is 13.3. The van der Waals surface area contributed by atoms with Crippen LogP contribution in [-0.2, 0) is 4.74 Å². The molecule has 1 fully saturated rings. The molecule has 1 saturated heterocycles. The van der Waals surface area contributed by atoms with Crippen LogP contribution in [0, 0.1) is 11.7 Å². The molecule has 1 heterocycles. The topological polar surface area (TPSA) is 57.1 Å². The molecule has 2 rings (SSSR count). The molecule has 0 spiro atoms. The van der Waals surface area contributed by atoms with Crippen LogP contribution >= 0.6 is 0 Å². The highest BCUT2D eigenvalue weighted by Crippen LogP contribution is 2.14. The first-order valence-electron chi connectivity index (χ1n) is 7.53. The van der Waals surface area contributed by atoms with E-state index in [1.807, 2.05) is 11.9 Å². The van der Waals surface area contributed by atoms with Gasteiger partial charge in [0, 0.05) is 39.7 Å². The van der Waals surface area contributed by atoms with Gasteiger partial charge in [-0.25, -0.2) is 4.39 Å². The van der Waals surface area contributed by atoms with E-state index in [0.717, 1.165) is 26.2 Å². The zero-order valence-corrected chi connectivity index (χ0v) is 13.1. The first kappa shape index (κ1) is 16.7. The molecule has 2 unspecified atom stereocenters. The van der Waals surface area contributed by atoms with Crippen LogP contribution in [0.5, 0.6) is 0 Å². The Morgan fingerprint density at radius 1 is 1.59 bits per heavy atom.